The smallest absolute Gasteiger partial charge is 0.262 e. The maximum absolute atomic E-state index is 13.3. The summed E-state index contributed by atoms with van der Waals surface area (Å²) in [6.07, 6.45) is -0.297. The first kappa shape index (κ1) is 15.7. The Morgan fingerprint density at radius 3 is 2.81 bits per heavy atom. The van der Waals surface area contributed by atoms with Gasteiger partial charge in [-0.3, -0.25) is 9.69 Å². The number of hydrogen-bond acceptors (Lipinski definition) is 5. The molecule has 1 N–H and O–H groups in total. The Labute approximate surface area is 162 Å². The van der Waals surface area contributed by atoms with Crippen LogP contribution in [-0.2, 0) is 0 Å². The van der Waals surface area contributed by atoms with Crippen molar-refractivity contribution in [3.8, 4) is 11.5 Å². The molecule has 2 aliphatic heterocycles. The van der Waals surface area contributed by atoms with Crippen LogP contribution in [0.3, 0.4) is 0 Å². The molecule has 0 saturated carbocycles. The molecule has 2 aliphatic rings. The van der Waals surface area contributed by atoms with Gasteiger partial charge < -0.3 is 14.8 Å². The van der Waals surface area contributed by atoms with Crippen LogP contribution in [0.4, 0.5) is 11.4 Å². The Morgan fingerprint density at radius 2 is 1.96 bits per heavy atom. The monoisotopic (exact) mass is 428 g/mol. The van der Waals surface area contributed by atoms with E-state index in [1.54, 1.807) is 16.2 Å². The van der Waals surface area contributed by atoms with Crippen LogP contribution < -0.4 is 19.7 Å². The number of rotatable bonds is 2. The number of ether oxygens (including phenoxy) is 2. The lowest BCUT2D eigenvalue weighted by Gasteiger charge is -2.37. The van der Waals surface area contributed by atoms with Gasteiger partial charge in [-0.2, -0.15) is 0 Å². The molecule has 1 aromatic heterocycles. The topological polar surface area (TPSA) is 50.8 Å². The summed E-state index contributed by atoms with van der Waals surface area (Å²) >= 11 is 5.10. The molecule has 5 nitrogen and oxygen atoms in total. The number of anilines is 2. The van der Waals surface area contributed by atoms with Gasteiger partial charge in [-0.1, -0.05) is 12.1 Å². The van der Waals surface area contributed by atoms with Gasteiger partial charge in [-0.15, -0.1) is 11.3 Å². The summed E-state index contributed by atoms with van der Waals surface area (Å²) in [6.45, 7) is 0.203. The van der Waals surface area contributed by atoms with Crippen molar-refractivity contribution in [3.63, 3.8) is 0 Å². The molecule has 0 radical (unpaired) electrons. The van der Waals surface area contributed by atoms with E-state index < -0.39 is 0 Å². The van der Waals surface area contributed by atoms with Crippen molar-refractivity contribution in [1.29, 1.82) is 0 Å². The van der Waals surface area contributed by atoms with Crippen LogP contribution in [0.25, 0.3) is 0 Å². The fourth-order valence-electron chi connectivity index (χ4n) is 3.23. The van der Waals surface area contributed by atoms with E-state index in [9.17, 15) is 4.79 Å². The van der Waals surface area contributed by atoms with Gasteiger partial charge in [0.2, 0.25) is 6.79 Å². The van der Waals surface area contributed by atoms with Crippen LogP contribution in [0.2, 0.25) is 0 Å². The molecule has 7 heteroatoms. The largest absolute Gasteiger partial charge is 0.454 e. The molecule has 5 rings (SSSR count). The average Bonchev–Trinajstić information content (AvgIpc) is 3.29. The highest BCUT2D eigenvalue weighted by Crippen LogP contribution is 2.42. The number of fused-ring (bicyclic) bond motifs is 2. The van der Waals surface area contributed by atoms with Crippen molar-refractivity contribution in [3.05, 3.63) is 68.8 Å². The molecule has 3 aromatic rings. The minimum Gasteiger partial charge on any atom is -0.454 e. The van der Waals surface area contributed by atoms with E-state index in [1.165, 1.54) is 0 Å². The summed E-state index contributed by atoms with van der Waals surface area (Å²) in [7, 11) is 0. The predicted octanol–water partition coefficient (Wildman–Crippen LogP) is 5.01. The average molecular weight is 429 g/mol. The van der Waals surface area contributed by atoms with Crippen molar-refractivity contribution in [2.24, 2.45) is 0 Å². The Morgan fingerprint density at radius 1 is 1.12 bits per heavy atom. The third kappa shape index (κ3) is 2.47. The molecular weight excluding hydrogens is 416 g/mol. The number of benzene rings is 2. The molecule has 1 atom stereocenters. The predicted molar refractivity (Wildman–Crippen MR) is 104 cm³/mol. The quantitative estimate of drug-likeness (QED) is 0.622. The fourth-order valence-corrected chi connectivity index (χ4v) is 4.71. The third-order valence-electron chi connectivity index (χ3n) is 4.42. The Bertz CT molecular complexity index is 1020. The summed E-state index contributed by atoms with van der Waals surface area (Å²) < 4.78 is 11.9. The highest BCUT2D eigenvalue weighted by Gasteiger charge is 2.35. The highest BCUT2D eigenvalue weighted by atomic mass is 79.9. The van der Waals surface area contributed by atoms with Crippen molar-refractivity contribution in [1.82, 2.24) is 0 Å². The van der Waals surface area contributed by atoms with E-state index in [0.717, 1.165) is 20.7 Å². The molecule has 130 valence electrons. The first-order valence-corrected chi connectivity index (χ1v) is 9.71. The number of carbonyl (C=O) groups is 1. The van der Waals surface area contributed by atoms with Crippen LogP contribution in [-0.4, -0.2) is 12.7 Å². The van der Waals surface area contributed by atoms with Crippen LogP contribution in [0.5, 0.6) is 11.5 Å². The second-order valence-corrected chi connectivity index (χ2v) is 7.83. The zero-order chi connectivity index (χ0) is 17.7. The molecule has 1 amide bonds. The number of thiophene rings is 1. The SMILES string of the molecule is O=C1c2ccccc2N[C@H](c2cc(Br)cs2)N1c1ccc2c(c1)OCO2. The summed E-state index contributed by atoms with van der Waals surface area (Å²) in [5.74, 6) is 1.30. The molecule has 0 aliphatic carbocycles. The van der Waals surface area contributed by atoms with E-state index in [2.05, 4.69) is 21.2 Å². The molecule has 0 fully saturated rings. The summed E-state index contributed by atoms with van der Waals surface area (Å²) in [6, 6.07) is 15.2. The van der Waals surface area contributed by atoms with E-state index in [-0.39, 0.29) is 18.9 Å². The molecular formula is C19H13BrN2O3S. The zero-order valence-corrected chi connectivity index (χ0v) is 15.8. The van der Waals surface area contributed by atoms with Gasteiger partial charge in [-0.05, 0) is 46.3 Å². The van der Waals surface area contributed by atoms with Gasteiger partial charge in [0.15, 0.2) is 11.5 Å². The van der Waals surface area contributed by atoms with E-state index in [1.807, 2.05) is 53.9 Å². The zero-order valence-electron chi connectivity index (χ0n) is 13.4. The molecule has 26 heavy (non-hydrogen) atoms. The number of amides is 1. The molecule has 0 unspecified atom stereocenters. The number of nitrogens with one attached hydrogen (secondary N) is 1. The molecule has 0 spiro atoms. The maximum atomic E-state index is 13.3. The van der Waals surface area contributed by atoms with E-state index in [0.29, 0.717) is 17.1 Å². The summed E-state index contributed by atoms with van der Waals surface area (Å²) in [5.41, 5.74) is 2.25. The molecule has 2 aromatic carbocycles. The lowest BCUT2D eigenvalue weighted by atomic mass is 10.1. The Kier molecular flexibility index (Phi) is 3.65. The second kappa shape index (κ2) is 6.03. The number of halogens is 1. The van der Waals surface area contributed by atoms with Crippen molar-refractivity contribution >= 4 is 44.5 Å². The standard InChI is InChI=1S/C19H13BrN2O3S/c20-11-7-17(26-9-11)18-21-14-4-2-1-3-13(14)19(23)22(18)12-5-6-15-16(8-12)25-10-24-15/h1-9,18,21H,10H2/t18-/m0/s1. The van der Waals surface area contributed by atoms with Crippen LogP contribution >= 0.6 is 27.3 Å². The first-order chi connectivity index (χ1) is 12.7. The van der Waals surface area contributed by atoms with Gasteiger partial charge in [0.25, 0.3) is 5.91 Å². The summed E-state index contributed by atoms with van der Waals surface area (Å²) in [4.78, 5) is 16.1. The Balaban J connectivity index is 1.65. The van der Waals surface area contributed by atoms with Crippen LogP contribution in [0.1, 0.15) is 21.4 Å². The van der Waals surface area contributed by atoms with Crippen molar-refractivity contribution in [2.45, 2.75) is 6.17 Å². The number of carbonyl (C=O) groups excluding carboxylic acids is 1. The van der Waals surface area contributed by atoms with Gasteiger partial charge in [0, 0.05) is 26.5 Å². The fraction of sp³-hybridized carbons (Fsp3) is 0.105. The van der Waals surface area contributed by atoms with Crippen LogP contribution in [0, 0.1) is 0 Å². The second-order valence-electron chi connectivity index (χ2n) is 5.97. The van der Waals surface area contributed by atoms with Gasteiger partial charge in [0.1, 0.15) is 6.17 Å². The summed E-state index contributed by atoms with van der Waals surface area (Å²) in [5, 5.41) is 5.51. The minimum absolute atomic E-state index is 0.0484. The van der Waals surface area contributed by atoms with Gasteiger partial charge in [-0.25, -0.2) is 0 Å². The van der Waals surface area contributed by atoms with Crippen molar-refractivity contribution < 1.29 is 14.3 Å². The number of nitrogens with zero attached hydrogens (tertiary/aromatic N) is 1. The van der Waals surface area contributed by atoms with Gasteiger partial charge >= 0.3 is 0 Å². The normalized spacial score (nSPS) is 17.8. The lowest BCUT2D eigenvalue weighted by Crippen LogP contribution is -2.42. The first-order valence-electron chi connectivity index (χ1n) is 8.03. The van der Waals surface area contributed by atoms with Crippen LogP contribution in [0.15, 0.2) is 58.4 Å². The lowest BCUT2D eigenvalue weighted by molar-refractivity contribution is 0.0975. The van der Waals surface area contributed by atoms with Gasteiger partial charge in [0.05, 0.1) is 11.3 Å². The van der Waals surface area contributed by atoms with Crippen molar-refractivity contribution in [2.75, 3.05) is 17.0 Å². The number of para-hydroxylation sites is 1. The van der Waals surface area contributed by atoms with E-state index >= 15 is 0 Å². The highest BCUT2D eigenvalue weighted by molar-refractivity contribution is 9.10. The van der Waals surface area contributed by atoms with E-state index in [4.69, 9.17) is 9.47 Å². The molecule has 0 saturated heterocycles. The molecule has 0 bridgehead atoms. The Hall–Kier alpha value is -2.51. The molecule has 3 heterocycles. The number of hydrogen-bond donors (Lipinski definition) is 1. The minimum atomic E-state index is -0.297. The maximum Gasteiger partial charge on any atom is 0.262 e. The third-order valence-corrected chi connectivity index (χ3v) is 6.16.